The zero-order chi connectivity index (χ0) is 12.8. The Morgan fingerprint density at radius 2 is 1.88 bits per heavy atom. The normalized spacial score (nSPS) is 11.9. The lowest BCUT2D eigenvalue weighted by Gasteiger charge is -2.08. The molecule has 0 saturated carbocycles. The second-order valence-electron chi connectivity index (χ2n) is 4.46. The van der Waals surface area contributed by atoms with Crippen LogP contribution in [0, 0.1) is 0 Å². The predicted molar refractivity (Wildman–Crippen MR) is 71.1 cm³/mol. The fourth-order valence-electron chi connectivity index (χ4n) is 1.76. The van der Waals surface area contributed by atoms with E-state index in [2.05, 4.69) is 38.1 Å². The quantitative estimate of drug-likeness (QED) is 0.830. The van der Waals surface area contributed by atoms with Crippen LogP contribution in [0.3, 0.4) is 0 Å². The lowest BCUT2D eigenvalue weighted by molar-refractivity contribution is -0.135. The summed E-state index contributed by atoms with van der Waals surface area (Å²) in [4.78, 5) is 10.5. The van der Waals surface area contributed by atoms with E-state index >= 15 is 0 Å². The van der Waals surface area contributed by atoms with E-state index < -0.39 is 5.97 Å². The van der Waals surface area contributed by atoms with Crippen molar-refractivity contribution in [1.29, 1.82) is 0 Å². The minimum atomic E-state index is -0.783. The smallest absolute Gasteiger partial charge is 0.307 e. The third kappa shape index (κ3) is 4.06. The van der Waals surface area contributed by atoms with Crippen molar-refractivity contribution in [3.63, 3.8) is 0 Å². The second kappa shape index (κ2) is 6.24. The Morgan fingerprint density at radius 1 is 1.29 bits per heavy atom. The van der Waals surface area contributed by atoms with E-state index in [0.29, 0.717) is 5.92 Å². The molecule has 2 nitrogen and oxygen atoms in total. The molecule has 0 fully saturated rings. The topological polar surface area (TPSA) is 37.3 Å². The van der Waals surface area contributed by atoms with Gasteiger partial charge in [-0.1, -0.05) is 51.1 Å². The van der Waals surface area contributed by atoms with Gasteiger partial charge in [-0.05, 0) is 29.0 Å². The Kier molecular flexibility index (Phi) is 4.95. The van der Waals surface area contributed by atoms with Crippen molar-refractivity contribution < 1.29 is 9.90 Å². The fraction of sp³-hybridized carbons (Fsp3) is 0.400. The minimum absolute atomic E-state index is 0.0924. The van der Waals surface area contributed by atoms with Gasteiger partial charge in [0.25, 0.3) is 0 Å². The summed E-state index contributed by atoms with van der Waals surface area (Å²) in [5.74, 6) is -0.258. The number of carboxylic acids is 1. The van der Waals surface area contributed by atoms with E-state index in [4.69, 9.17) is 5.11 Å². The standard InChI is InChI=1S/C15H20O2/c1-4-12(9-10-15(16)17)14-7-5-13(6-8-14)11(2)3/h5-9,11H,4,10H2,1-3H3,(H,16,17)/b12-9+. The van der Waals surface area contributed by atoms with Gasteiger partial charge in [0.1, 0.15) is 0 Å². The Bertz CT molecular complexity index is 399. The van der Waals surface area contributed by atoms with Crippen LogP contribution in [-0.2, 0) is 4.79 Å². The average molecular weight is 232 g/mol. The van der Waals surface area contributed by atoms with Crippen LogP contribution in [-0.4, -0.2) is 11.1 Å². The van der Waals surface area contributed by atoms with E-state index in [9.17, 15) is 4.79 Å². The highest BCUT2D eigenvalue weighted by atomic mass is 16.4. The number of hydrogen-bond donors (Lipinski definition) is 1. The van der Waals surface area contributed by atoms with Gasteiger partial charge in [0, 0.05) is 0 Å². The molecule has 17 heavy (non-hydrogen) atoms. The number of rotatable bonds is 5. The number of hydrogen-bond acceptors (Lipinski definition) is 1. The van der Waals surface area contributed by atoms with Gasteiger partial charge in [0.05, 0.1) is 6.42 Å². The van der Waals surface area contributed by atoms with Crippen molar-refractivity contribution >= 4 is 11.5 Å². The minimum Gasteiger partial charge on any atom is -0.481 e. The molecule has 0 aliphatic carbocycles. The molecule has 0 aliphatic heterocycles. The van der Waals surface area contributed by atoms with Crippen molar-refractivity contribution in [2.24, 2.45) is 0 Å². The van der Waals surface area contributed by atoms with Crippen LogP contribution < -0.4 is 0 Å². The molecule has 1 N–H and O–H groups in total. The van der Waals surface area contributed by atoms with E-state index in [-0.39, 0.29) is 6.42 Å². The number of benzene rings is 1. The van der Waals surface area contributed by atoms with E-state index in [0.717, 1.165) is 17.6 Å². The summed E-state index contributed by atoms with van der Waals surface area (Å²) >= 11 is 0. The zero-order valence-corrected chi connectivity index (χ0v) is 10.7. The molecule has 0 atom stereocenters. The van der Waals surface area contributed by atoms with Gasteiger partial charge in [0.2, 0.25) is 0 Å². The lowest BCUT2D eigenvalue weighted by Crippen LogP contribution is -1.93. The molecule has 1 rings (SSSR count). The molecule has 0 saturated heterocycles. The number of carboxylic acid groups (broad SMARTS) is 1. The largest absolute Gasteiger partial charge is 0.481 e. The molecule has 1 aromatic carbocycles. The summed E-state index contributed by atoms with van der Waals surface area (Å²) in [5, 5.41) is 8.68. The highest BCUT2D eigenvalue weighted by Gasteiger charge is 2.03. The van der Waals surface area contributed by atoms with Crippen molar-refractivity contribution in [1.82, 2.24) is 0 Å². The second-order valence-corrected chi connectivity index (χ2v) is 4.46. The summed E-state index contributed by atoms with van der Waals surface area (Å²) < 4.78 is 0. The first-order valence-corrected chi connectivity index (χ1v) is 6.05. The molecule has 0 bridgehead atoms. The van der Waals surface area contributed by atoms with Gasteiger partial charge in [-0.25, -0.2) is 0 Å². The number of aliphatic carboxylic acids is 1. The maximum atomic E-state index is 10.5. The van der Waals surface area contributed by atoms with Crippen molar-refractivity contribution in [2.45, 2.75) is 39.5 Å². The lowest BCUT2D eigenvalue weighted by atomic mass is 9.97. The summed E-state index contributed by atoms with van der Waals surface area (Å²) in [6.45, 7) is 6.37. The molecule has 0 spiro atoms. The van der Waals surface area contributed by atoms with Gasteiger partial charge in [0.15, 0.2) is 0 Å². The molecule has 92 valence electrons. The van der Waals surface area contributed by atoms with E-state index in [1.165, 1.54) is 5.56 Å². The van der Waals surface area contributed by atoms with Crippen molar-refractivity contribution in [2.75, 3.05) is 0 Å². The predicted octanol–water partition coefficient (Wildman–Crippen LogP) is 4.08. The Hall–Kier alpha value is -1.57. The van der Waals surface area contributed by atoms with Crippen molar-refractivity contribution in [3.05, 3.63) is 41.5 Å². The van der Waals surface area contributed by atoms with Gasteiger partial charge in [-0.2, -0.15) is 0 Å². The summed E-state index contributed by atoms with van der Waals surface area (Å²) in [7, 11) is 0. The summed E-state index contributed by atoms with van der Waals surface area (Å²) in [6, 6.07) is 8.38. The Balaban J connectivity index is 2.89. The molecule has 2 heteroatoms. The van der Waals surface area contributed by atoms with Crippen LogP contribution in [0.1, 0.15) is 50.7 Å². The average Bonchev–Trinajstić information content (AvgIpc) is 2.30. The van der Waals surface area contributed by atoms with Crippen LogP contribution >= 0.6 is 0 Å². The molecule has 0 unspecified atom stereocenters. The van der Waals surface area contributed by atoms with Crippen LogP contribution in [0.25, 0.3) is 5.57 Å². The first-order valence-electron chi connectivity index (χ1n) is 6.05. The molecular weight excluding hydrogens is 212 g/mol. The molecule has 0 amide bonds. The molecule has 0 aromatic heterocycles. The van der Waals surface area contributed by atoms with E-state index in [1.54, 1.807) is 6.08 Å². The highest BCUT2D eigenvalue weighted by molar-refractivity contribution is 5.74. The molecule has 1 aromatic rings. The first kappa shape index (κ1) is 13.5. The zero-order valence-electron chi connectivity index (χ0n) is 10.7. The monoisotopic (exact) mass is 232 g/mol. The van der Waals surface area contributed by atoms with Gasteiger partial charge < -0.3 is 5.11 Å². The molecule has 0 aliphatic rings. The van der Waals surface area contributed by atoms with Crippen LogP contribution in [0.2, 0.25) is 0 Å². The van der Waals surface area contributed by atoms with Gasteiger partial charge >= 0.3 is 5.97 Å². The fourth-order valence-corrected chi connectivity index (χ4v) is 1.76. The maximum Gasteiger partial charge on any atom is 0.307 e. The third-order valence-electron chi connectivity index (χ3n) is 2.85. The van der Waals surface area contributed by atoms with Crippen molar-refractivity contribution in [3.8, 4) is 0 Å². The molecule has 0 heterocycles. The first-order chi connectivity index (χ1) is 8.04. The van der Waals surface area contributed by atoms with E-state index in [1.807, 2.05) is 6.92 Å². The number of carbonyl (C=O) groups is 1. The SMILES string of the molecule is CC/C(=C\CC(=O)O)c1ccc(C(C)C)cc1. The summed E-state index contributed by atoms with van der Waals surface area (Å²) in [5.41, 5.74) is 3.53. The highest BCUT2D eigenvalue weighted by Crippen LogP contribution is 2.22. The van der Waals surface area contributed by atoms with Crippen LogP contribution in [0.15, 0.2) is 30.3 Å². The summed E-state index contributed by atoms with van der Waals surface area (Å²) in [6.07, 6.45) is 2.75. The number of allylic oxidation sites excluding steroid dienone is 1. The third-order valence-corrected chi connectivity index (χ3v) is 2.85. The Morgan fingerprint density at radius 3 is 2.29 bits per heavy atom. The van der Waals surface area contributed by atoms with Gasteiger partial charge in [-0.15, -0.1) is 0 Å². The molecular formula is C15H20O2. The van der Waals surface area contributed by atoms with Crippen LogP contribution in [0.4, 0.5) is 0 Å². The van der Waals surface area contributed by atoms with Gasteiger partial charge in [-0.3, -0.25) is 4.79 Å². The van der Waals surface area contributed by atoms with Crippen LogP contribution in [0.5, 0.6) is 0 Å². The maximum absolute atomic E-state index is 10.5. The Labute approximate surface area is 103 Å². The molecule has 0 radical (unpaired) electrons.